The first-order chi connectivity index (χ1) is 4.86. The van der Waals surface area contributed by atoms with Gasteiger partial charge in [-0.1, -0.05) is 12.7 Å². The lowest BCUT2D eigenvalue weighted by Crippen LogP contribution is -2.23. The second-order valence-corrected chi connectivity index (χ2v) is 1.97. The molecule has 0 unspecified atom stereocenters. The molecule has 0 radical (unpaired) electrons. The number of aromatic nitrogens is 1. The van der Waals surface area contributed by atoms with E-state index in [1.807, 2.05) is 35.2 Å². The third kappa shape index (κ3) is 1.32. The summed E-state index contributed by atoms with van der Waals surface area (Å²) in [7, 11) is 0. The minimum atomic E-state index is 1.12. The summed E-state index contributed by atoms with van der Waals surface area (Å²) < 4.78 is 1.88. The summed E-state index contributed by atoms with van der Waals surface area (Å²) >= 11 is 0. The van der Waals surface area contributed by atoms with Gasteiger partial charge in [-0.25, -0.2) is 0 Å². The Hall–Kier alpha value is -1.37. The van der Waals surface area contributed by atoms with Crippen LogP contribution >= 0.6 is 0 Å². The topological polar surface area (TPSA) is 3.88 Å². The van der Waals surface area contributed by atoms with Gasteiger partial charge in [-0.2, -0.15) is 4.57 Å². The van der Waals surface area contributed by atoms with Crippen molar-refractivity contribution in [3.63, 3.8) is 0 Å². The van der Waals surface area contributed by atoms with Gasteiger partial charge in [-0.05, 0) is 12.1 Å². The van der Waals surface area contributed by atoms with Gasteiger partial charge in [0.1, 0.15) is 0 Å². The third-order valence-corrected chi connectivity index (χ3v) is 1.32. The number of nitrogens with zero attached hydrogens (tertiary/aromatic N) is 1. The van der Waals surface area contributed by atoms with E-state index in [0.717, 1.165) is 5.56 Å². The molecule has 10 heavy (non-hydrogen) atoms. The number of hydrogen-bond acceptors (Lipinski definition) is 0. The van der Waals surface area contributed by atoms with Gasteiger partial charge in [0, 0.05) is 12.1 Å². The molecule has 0 fully saturated rings. The third-order valence-electron chi connectivity index (χ3n) is 1.32. The van der Waals surface area contributed by atoms with Crippen molar-refractivity contribution in [1.82, 2.24) is 0 Å². The van der Waals surface area contributed by atoms with Crippen LogP contribution in [0.5, 0.6) is 0 Å². The summed E-state index contributed by atoms with van der Waals surface area (Å²) in [6, 6.07) is 3.96. The Morgan fingerprint density at radius 1 is 1.20 bits per heavy atom. The van der Waals surface area contributed by atoms with Crippen LogP contribution in [-0.2, 0) is 0 Å². The molecule has 1 aromatic heterocycles. The van der Waals surface area contributed by atoms with E-state index in [1.54, 1.807) is 6.20 Å². The molecule has 0 N–H and O–H groups in total. The van der Waals surface area contributed by atoms with Gasteiger partial charge in [0.25, 0.3) is 0 Å². The zero-order valence-corrected chi connectivity index (χ0v) is 5.83. The number of hydrogen-bond donors (Lipinski definition) is 0. The van der Waals surface area contributed by atoms with Crippen molar-refractivity contribution in [1.29, 1.82) is 0 Å². The Morgan fingerprint density at radius 3 is 2.20 bits per heavy atom. The minimum absolute atomic E-state index is 1.12. The van der Waals surface area contributed by atoms with E-state index in [2.05, 4.69) is 13.2 Å². The van der Waals surface area contributed by atoms with Crippen LogP contribution in [0.15, 0.2) is 37.7 Å². The molecular weight excluding hydrogens is 122 g/mol. The van der Waals surface area contributed by atoms with Crippen LogP contribution < -0.4 is 4.57 Å². The Morgan fingerprint density at radius 2 is 1.80 bits per heavy atom. The molecule has 0 atom stereocenters. The summed E-state index contributed by atoms with van der Waals surface area (Å²) in [5.41, 5.74) is 1.12. The fourth-order valence-corrected chi connectivity index (χ4v) is 0.707. The van der Waals surface area contributed by atoms with Crippen LogP contribution in [0.2, 0.25) is 0 Å². The van der Waals surface area contributed by atoms with E-state index >= 15 is 0 Å². The maximum atomic E-state index is 3.65. The van der Waals surface area contributed by atoms with E-state index in [1.165, 1.54) is 0 Å². The Labute approximate surface area is 60.9 Å². The summed E-state index contributed by atoms with van der Waals surface area (Å²) in [5, 5.41) is 0. The van der Waals surface area contributed by atoms with Crippen LogP contribution in [0.1, 0.15) is 5.56 Å². The zero-order chi connectivity index (χ0) is 7.40. The molecule has 0 amide bonds. The van der Waals surface area contributed by atoms with Crippen molar-refractivity contribution in [2.24, 2.45) is 0 Å². The molecule has 0 saturated carbocycles. The standard InChI is InChI=1S/C9H10N/c1-3-9-5-7-10(4-2)8-6-9/h3-8H,1-2H2/q+1. The van der Waals surface area contributed by atoms with Crippen molar-refractivity contribution in [2.45, 2.75) is 0 Å². The minimum Gasteiger partial charge on any atom is -0.174 e. The fourth-order valence-electron chi connectivity index (χ4n) is 0.707. The number of rotatable bonds is 2. The lowest BCUT2D eigenvalue weighted by atomic mass is 10.3. The van der Waals surface area contributed by atoms with Crippen LogP contribution in [0.25, 0.3) is 12.3 Å². The van der Waals surface area contributed by atoms with Gasteiger partial charge in [0.15, 0.2) is 18.6 Å². The van der Waals surface area contributed by atoms with Crippen molar-refractivity contribution >= 4 is 12.3 Å². The van der Waals surface area contributed by atoms with Crippen molar-refractivity contribution in [3.8, 4) is 0 Å². The first kappa shape index (κ1) is 6.75. The second-order valence-electron chi connectivity index (χ2n) is 1.97. The predicted molar refractivity (Wildman–Crippen MR) is 43.1 cm³/mol. The van der Waals surface area contributed by atoms with Gasteiger partial charge >= 0.3 is 0 Å². The first-order valence-electron chi connectivity index (χ1n) is 3.12. The van der Waals surface area contributed by atoms with Gasteiger partial charge in [-0.3, -0.25) is 0 Å². The molecule has 0 aromatic carbocycles. The Kier molecular flexibility index (Phi) is 2.00. The summed E-state index contributed by atoms with van der Waals surface area (Å²) in [5.74, 6) is 0. The molecule has 1 nitrogen and oxygen atoms in total. The zero-order valence-electron chi connectivity index (χ0n) is 5.83. The molecule has 50 valence electrons. The average molecular weight is 132 g/mol. The van der Waals surface area contributed by atoms with Gasteiger partial charge in [0.05, 0.1) is 0 Å². The molecule has 1 aromatic rings. The maximum absolute atomic E-state index is 3.65. The maximum Gasteiger partial charge on any atom is 0.175 e. The highest BCUT2D eigenvalue weighted by Gasteiger charge is 1.90. The quantitative estimate of drug-likeness (QED) is 0.539. The van der Waals surface area contributed by atoms with E-state index in [9.17, 15) is 0 Å². The lowest BCUT2D eigenvalue weighted by molar-refractivity contribution is -0.567. The molecule has 0 aliphatic carbocycles. The van der Waals surface area contributed by atoms with Gasteiger partial charge in [-0.15, -0.1) is 0 Å². The monoisotopic (exact) mass is 132 g/mol. The van der Waals surface area contributed by atoms with Crippen molar-refractivity contribution < 1.29 is 4.57 Å². The SMILES string of the molecule is C=Cc1cc[n+](C=C)cc1. The normalized spacial score (nSPS) is 8.80. The molecule has 0 bridgehead atoms. The Bertz CT molecular complexity index is 206. The molecule has 0 aliphatic rings. The van der Waals surface area contributed by atoms with Crippen LogP contribution in [0, 0.1) is 0 Å². The first-order valence-corrected chi connectivity index (χ1v) is 3.12. The number of pyridine rings is 1. The molecule has 0 saturated heterocycles. The average Bonchev–Trinajstić information content (AvgIpc) is 2.05. The van der Waals surface area contributed by atoms with Crippen molar-refractivity contribution in [2.75, 3.05) is 0 Å². The van der Waals surface area contributed by atoms with Crippen LogP contribution in [0.4, 0.5) is 0 Å². The highest BCUT2D eigenvalue weighted by molar-refractivity contribution is 5.44. The smallest absolute Gasteiger partial charge is 0.174 e. The summed E-state index contributed by atoms with van der Waals surface area (Å²) in [6.45, 7) is 7.27. The highest BCUT2D eigenvalue weighted by Crippen LogP contribution is 1.94. The summed E-state index contributed by atoms with van der Waals surface area (Å²) in [6.07, 6.45) is 7.42. The molecule has 1 rings (SSSR count). The van der Waals surface area contributed by atoms with E-state index in [4.69, 9.17) is 0 Å². The van der Waals surface area contributed by atoms with E-state index < -0.39 is 0 Å². The summed E-state index contributed by atoms with van der Waals surface area (Å²) in [4.78, 5) is 0. The van der Waals surface area contributed by atoms with E-state index in [-0.39, 0.29) is 0 Å². The second kappa shape index (κ2) is 2.97. The Balaban J connectivity index is 3.00. The van der Waals surface area contributed by atoms with Gasteiger partial charge < -0.3 is 0 Å². The van der Waals surface area contributed by atoms with E-state index in [0.29, 0.717) is 0 Å². The lowest BCUT2D eigenvalue weighted by Gasteiger charge is -1.87. The van der Waals surface area contributed by atoms with Crippen molar-refractivity contribution in [3.05, 3.63) is 43.2 Å². The fraction of sp³-hybridized carbons (Fsp3) is 0. The van der Waals surface area contributed by atoms with Crippen LogP contribution in [0.3, 0.4) is 0 Å². The molecule has 1 heteroatoms. The molecule has 0 aliphatic heterocycles. The predicted octanol–water partition coefficient (Wildman–Crippen LogP) is 1.72. The van der Waals surface area contributed by atoms with Crippen LogP contribution in [-0.4, -0.2) is 0 Å². The molecule has 0 spiro atoms. The van der Waals surface area contributed by atoms with Gasteiger partial charge in [0.2, 0.25) is 0 Å². The highest BCUT2D eigenvalue weighted by atomic mass is 14.9. The largest absolute Gasteiger partial charge is 0.175 e. The molecule has 1 heterocycles. The molecular formula is C9H10N+.